The molecule has 0 saturated carbocycles. The standard InChI is InChI=1S/C15H11Br2NO2/c1-8-2-3-9(6-11(8)16)14(17)10-4-5-12-13(7-10)20-15(19)18-12/h2-7,14H,1H3,(H,18,19). The van der Waals surface area contributed by atoms with Crippen molar-refractivity contribution in [1.82, 2.24) is 4.98 Å². The van der Waals surface area contributed by atoms with Crippen LogP contribution in [-0.2, 0) is 0 Å². The van der Waals surface area contributed by atoms with Gasteiger partial charge in [0.25, 0.3) is 0 Å². The molecule has 1 heterocycles. The van der Waals surface area contributed by atoms with Gasteiger partial charge in [-0.1, -0.05) is 50.1 Å². The molecule has 0 spiro atoms. The van der Waals surface area contributed by atoms with Crippen LogP contribution in [0.1, 0.15) is 21.5 Å². The van der Waals surface area contributed by atoms with Crippen LogP contribution in [-0.4, -0.2) is 4.98 Å². The number of aromatic amines is 1. The van der Waals surface area contributed by atoms with Crippen LogP contribution < -0.4 is 5.76 Å². The van der Waals surface area contributed by atoms with Crippen molar-refractivity contribution >= 4 is 43.0 Å². The highest BCUT2D eigenvalue weighted by atomic mass is 79.9. The van der Waals surface area contributed by atoms with Crippen LogP contribution in [0.3, 0.4) is 0 Å². The Morgan fingerprint density at radius 1 is 1.15 bits per heavy atom. The lowest BCUT2D eigenvalue weighted by Crippen LogP contribution is -1.93. The Hall–Kier alpha value is -1.33. The van der Waals surface area contributed by atoms with Gasteiger partial charge in [0.1, 0.15) is 0 Å². The molecular formula is C15H11Br2NO2. The number of fused-ring (bicyclic) bond motifs is 1. The highest BCUT2D eigenvalue weighted by molar-refractivity contribution is 9.10. The van der Waals surface area contributed by atoms with Gasteiger partial charge in [-0.15, -0.1) is 0 Å². The Balaban J connectivity index is 2.04. The number of H-pyrrole nitrogens is 1. The van der Waals surface area contributed by atoms with Crippen molar-refractivity contribution in [1.29, 1.82) is 0 Å². The fourth-order valence-electron chi connectivity index (χ4n) is 2.08. The van der Waals surface area contributed by atoms with E-state index in [4.69, 9.17) is 4.42 Å². The fourth-order valence-corrected chi connectivity index (χ4v) is 3.04. The van der Waals surface area contributed by atoms with E-state index in [0.29, 0.717) is 11.1 Å². The first-order valence-corrected chi connectivity index (χ1v) is 7.78. The van der Waals surface area contributed by atoms with E-state index in [0.717, 1.165) is 15.6 Å². The van der Waals surface area contributed by atoms with E-state index >= 15 is 0 Å². The molecule has 0 aliphatic carbocycles. The van der Waals surface area contributed by atoms with Gasteiger partial charge in [-0.25, -0.2) is 4.79 Å². The summed E-state index contributed by atoms with van der Waals surface area (Å²) < 4.78 is 6.17. The number of halogens is 2. The van der Waals surface area contributed by atoms with Gasteiger partial charge in [-0.05, 0) is 41.8 Å². The van der Waals surface area contributed by atoms with Gasteiger partial charge in [-0.2, -0.15) is 0 Å². The van der Waals surface area contributed by atoms with Crippen molar-refractivity contribution in [2.24, 2.45) is 0 Å². The first kappa shape index (κ1) is 13.6. The normalized spacial score (nSPS) is 12.8. The summed E-state index contributed by atoms with van der Waals surface area (Å²) in [6.07, 6.45) is 0. The van der Waals surface area contributed by atoms with Crippen molar-refractivity contribution in [2.45, 2.75) is 11.8 Å². The van der Waals surface area contributed by atoms with Crippen LogP contribution in [0.25, 0.3) is 11.1 Å². The second-order valence-electron chi connectivity index (χ2n) is 4.64. The monoisotopic (exact) mass is 395 g/mol. The minimum absolute atomic E-state index is 0.0454. The van der Waals surface area contributed by atoms with Gasteiger partial charge < -0.3 is 4.42 Å². The Kier molecular flexibility index (Phi) is 3.56. The largest absolute Gasteiger partial charge is 0.417 e. The summed E-state index contributed by atoms with van der Waals surface area (Å²) in [5.41, 5.74) is 4.66. The lowest BCUT2D eigenvalue weighted by Gasteiger charge is -2.12. The molecule has 1 atom stereocenters. The quantitative estimate of drug-likeness (QED) is 0.639. The number of rotatable bonds is 2. The molecular weight excluding hydrogens is 386 g/mol. The first-order chi connectivity index (χ1) is 9.54. The molecule has 0 fully saturated rings. The zero-order chi connectivity index (χ0) is 14.3. The Labute approximate surface area is 132 Å². The van der Waals surface area contributed by atoms with Crippen molar-refractivity contribution < 1.29 is 4.42 Å². The summed E-state index contributed by atoms with van der Waals surface area (Å²) in [7, 11) is 0. The van der Waals surface area contributed by atoms with Crippen LogP contribution in [0.15, 0.2) is 50.1 Å². The topological polar surface area (TPSA) is 46.0 Å². The third-order valence-corrected chi connectivity index (χ3v) is 5.14. The molecule has 3 nitrogen and oxygen atoms in total. The van der Waals surface area contributed by atoms with Crippen LogP contribution in [0.4, 0.5) is 0 Å². The Morgan fingerprint density at radius 2 is 1.85 bits per heavy atom. The third kappa shape index (κ3) is 2.47. The Bertz CT molecular complexity index is 835. The molecule has 0 aliphatic heterocycles. The molecule has 3 aromatic rings. The highest BCUT2D eigenvalue weighted by Gasteiger charge is 2.13. The number of hydrogen-bond donors (Lipinski definition) is 1. The van der Waals surface area contributed by atoms with E-state index < -0.39 is 5.76 Å². The maximum Gasteiger partial charge on any atom is 0.417 e. The number of oxazole rings is 1. The van der Waals surface area contributed by atoms with Crippen molar-refractivity contribution in [3.8, 4) is 0 Å². The van der Waals surface area contributed by atoms with Gasteiger partial charge in [0.2, 0.25) is 0 Å². The second-order valence-corrected chi connectivity index (χ2v) is 6.41. The summed E-state index contributed by atoms with van der Waals surface area (Å²) in [5.74, 6) is -0.429. The van der Waals surface area contributed by atoms with Gasteiger partial charge in [0.15, 0.2) is 5.58 Å². The smallest absolute Gasteiger partial charge is 0.408 e. The number of aryl methyl sites for hydroxylation is 1. The molecule has 1 unspecified atom stereocenters. The number of aromatic nitrogens is 1. The summed E-state index contributed by atoms with van der Waals surface area (Å²) >= 11 is 7.24. The molecule has 5 heteroatoms. The van der Waals surface area contributed by atoms with Gasteiger partial charge in [-0.3, -0.25) is 4.98 Å². The first-order valence-electron chi connectivity index (χ1n) is 6.07. The van der Waals surface area contributed by atoms with E-state index in [1.165, 1.54) is 5.56 Å². The molecule has 0 aliphatic rings. The maximum atomic E-state index is 11.2. The molecule has 1 aromatic heterocycles. The average molecular weight is 397 g/mol. The zero-order valence-corrected chi connectivity index (χ0v) is 13.8. The molecule has 0 radical (unpaired) electrons. The summed E-state index contributed by atoms with van der Waals surface area (Å²) in [4.78, 5) is 13.9. The zero-order valence-electron chi connectivity index (χ0n) is 10.6. The summed E-state index contributed by atoms with van der Waals surface area (Å²) in [6.45, 7) is 2.05. The summed E-state index contributed by atoms with van der Waals surface area (Å²) in [5, 5.41) is 0. The summed E-state index contributed by atoms with van der Waals surface area (Å²) in [6, 6.07) is 11.9. The lowest BCUT2D eigenvalue weighted by molar-refractivity contribution is 0.555. The number of hydrogen-bond acceptors (Lipinski definition) is 2. The van der Waals surface area contributed by atoms with E-state index in [1.54, 1.807) is 0 Å². The van der Waals surface area contributed by atoms with Gasteiger partial charge in [0.05, 0.1) is 10.3 Å². The molecule has 102 valence electrons. The number of nitrogens with one attached hydrogen (secondary N) is 1. The van der Waals surface area contributed by atoms with E-state index in [9.17, 15) is 4.79 Å². The van der Waals surface area contributed by atoms with Crippen LogP contribution in [0, 0.1) is 6.92 Å². The predicted octanol–water partition coefficient (Wildman–Crippen LogP) is 4.68. The minimum Gasteiger partial charge on any atom is -0.408 e. The Morgan fingerprint density at radius 3 is 2.60 bits per heavy atom. The third-order valence-electron chi connectivity index (χ3n) is 3.23. The van der Waals surface area contributed by atoms with Crippen molar-refractivity contribution in [2.75, 3.05) is 0 Å². The highest BCUT2D eigenvalue weighted by Crippen LogP contribution is 2.34. The maximum absolute atomic E-state index is 11.2. The SMILES string of the molecule is Cc1ccc(C(Br)c2ccc3[nH]c(=O)oc3c2)cc1Br. The van der Waals surface area contributed by atoms with Crippen molar-refractivity contribution in [3.63, 3.8) is 0 Å². The molecule has 0 bridgehead atoms. The van der Waals surface area contributed by atoms with E-state index in [1.807, 2.05) is 18.2 Å². The van der Waals surface area contributed by atoms with E-state index in [2.05, 4.69) is 62.0 Å². The molecule has 3 rings (SSSR count). The van der Waals surface area contributed by atoms with Crippen molar-refractivity contribution in [3.05, 3.63) is 68.1 Å². The molecule has 1 N–H and O–H groups in total. The minimum atomic E-state index is -0.429. The lowest BCUT2D eigenvalue weighted by atomic mass is 10.0. The average Bonchev–Trinajstić information content (AvgIpc) is 2.80. The van der Waals surface area contributed by atoms with Crippen LogP contribution in [0.5, 0.6) is 0 Å². The second kappa shape index (κ2) is 5.22. The van der Waals surface area contributed by atoms with E-state index in [-0.39, 0.29) is 4.83 Å². The fraction of sp³-hybridized carbons (Fsp3) is 0.133. The number of alkyl halides is 1. The van der Waals surface area contributed by atoms with Crippen LogP contribution in [0.2, 0.25) is 0 Å². The predicted molar refractivity (Wildman–Crippen MR) is 86.5 cm³/mol. The molecule has 2 aromatic carbocycles. The van der Waals surface area contributed by atoms with Gasteiger partial charge >= 0.3 is 5.76 Å². The molecule has 0 saturated heterocycles. The van der Waals surface area contributed by atoms with Gasteiger partial charge in [0, 0.05) is 4.47 Å². The van der Waals surface area contributed by atoms with Crippen LogP contribution >= 0.6 is 31.9 Å². The number of benzene rings is 2. The molecule has 20 heavy (non-hydrogen) atoms. The molecule has 0 amide bonds.